The summed E-state index contributed by atoms with van der Waals surface area (Å²) in [6.07, 6.45) is 0. The Morgan fingerprint density at radius 3 is 2.29 bits per heavy atom. The first-order chi connectivity index (χ1) is 8.28. The maximum atomic E-state index is 6.04. The van der Waals surface area contributed by atoms with Crippen molar-refractivity contribution in [3.8, 4) is 5.75 Å². The zero-order chi connectivity index (χ0) is 11.8. The number of hydrogen-bond donors (Lipinski definition) is 1. The number of methoxy groups -OCH3 is 1. The molecule has 0 aromatic heterocycles. The van der Waals surface area contributed by atoms with Crippen molar-refractivity contribution < 1.29 is 4.74 Å². The number of fused-ring (bicyclic) bond motifs is 2. The summed E-state index contributed by atoms with van der Waals surface area (Å²) < 4.78 is 5.24. The van der Waals surface area contributed by atoms with Gasteiger partial charge in [0.1, 0.15) is 5.75 Å². The van der Waals surface area contributed by atoms with Gasteiger partial charge in [-0.2, -0.15) is 0 Å². The SMILES string of the molecule is COc1cc(N)c2cc3ccccc3cc2c1. The van der Waals surface area contributed by atoms with Crippen molar-refractivity contribution in [2.75, 3.05) is 12.8 Å². The van der Waals surface area contributed by atoms with Crippen LogP contribution < -0.4 is 10.5 Å². The Labute approximate surface area is 99.6 Å². The molecule has 2 N–H and O–H groups in total. The lowest BCUT2D eigenvalue weighted by Gasteiger charge is -2.08. The van der Waals surface area contributed by atoms with Gasteiger partial charge in [0.2, 0.25) is 0 Å². The summed E-state index contributed by atoms with van der Waals surface area (Å²) in [6.45, 7) is 0. The molecule has 0 aliphatic heterocycles. The molecule has 84 valence electrons. The van der Waals surface area contributed by atoms with Crippen molar-refractivity contribution in [3.05, 3.63) is 48.5 Å². The van der Waals surface area contributed by atoms with E-state index in [1.165, 1.54) is 10.8 Å². The fourth-order valence-corrected chi connectivity index (χ4v) is 2.17. The average Bonchev–Trinajstić information content (AvgIpc) is 2.36. The van der Waals surface area contributed by atoms with Gasteiger partial charge in [0.15, 0.2) is 0 Å². The Kier molecular flexibility index (Phi) is 2.15. The van der Waals surface area contributed by atoms with Crippen LogP contribution in [0.15, 0.2) is 48.5 Å². The second-order valence-corrected chi connectivity index (χ2v) is 4.14. The topological polar surface area (TPSA) is 35.2 Å². The lowest BCUT2D eigenvalue weighted by molar-refractivity contribution is 0.415. The molecule has 0 heterocycles. The molecule has 0 spiro atoms. The third-order valence-corrected chi connectivity index (χ3v) is 3.06. The van der Waals surface area contributed by atoms with Crippen LogP contribution in [-0.4, -0.2) is 7.11 Å². The van der Waals surface area contributed by atoms with Crippen molar-refractivity contribution >= 4 is 27.2 Å². The lowest BCUT2D eigenvalue weighted by Crippen LogP contribution is -1.90. The predicted octanol–water partition coefficient (Wildman–Crippen LogP) is 3.58. The van der Waals surface area contributed by atoms with Gasteiger partial charge in [-0.1, -0.05) is 24.3 Å². The Morgan fingerprint density at radius 2 is 1.59 bits per heavy atom. The number of ether oxygens (including phenoxy) is 1. The summed E-state index contributed by atoms with van der Waals surface area (Å²) in [7, 11) is 1.65. The molecule has 0 radical (unpaired) electrons. The van der Waals surface area contributed by atoms with Crippen LogP contribution in [0.25, 0.3) is 21.5 Å². The van der Waals surface area contributed by atoms with Gasteiger partial charge >= 0.3 is 0 Å². The van der Waals surface area contributed by atoms with Gasteiger partial charge in [0.05, 0.1) is 7.11 Å². The van der Waals surface area contributed by atoms with Gasteiger partial charge in [0.25, 0.3) is 0 Å². The molecule has 0 aliphatic rings. The standard InChI is InChI=1S/C15H13NO/c1-17-13-7-12-6-10-4-2-3-5-11(10)8-14(12)15(16)9-13/h2-9H,16H2,1H3. The fourth-order valence-electron chi connectivity index (χ4n) is 2.17. The smallest absolute Gasteiger partial charge is 0.121 e. The van der Waals surface area contributed by atoms with E-state index in [2.05, 4.69) is 24.3 Å². The maximum absolute atomic E-state index is 6.04. The molecule has 17 heavy (non-hydrogen) atoms. The highest BCUT2D eigenvalue weighted by Gasteiger charge is 2.03. The summed E-state index contributed by atoms with van der Waals surface area (Å²) in [4.78, 5) is 0. The van der Waals surface area contributed by atoms with E-state index < -0.39 is 0 Å². The van der Waals surface area contributed by atoms with Crippen LogP contribution in [0.2, 0.25) is 0 Å². The van der Waals surface area contributed by atoms with Crippen molar-refractivity contribution in [2.45, 2.75) is 0 Å². The Bertz CT molecular complexity index is 704. The fraction of sp³-hybridized carbons (Fsp3) is 0.0667. The summed E-state index contributed by atoms with van der Waals surface area (Å²) in [5.74, 6) is 0.797. The maximum Gasteiger partial charge on any atom is 0.121 e. The first-order valence-electron chi connectivity index (χ1n) is 5.54. The molecule has 2 nitrogen and oxygen atoms in total. The normalized spacial score (nSPS) is 10.9. The summed E-state index contributed by atoms with van der Waals surface area (Å²) in [5.41, 5.74) is 6.80. The molecule has 0 unspecified atom stereocenters. The number of hydrogen-bond acceptors (Lipinski definition) is 2. The first kappa shape index (κ1) is 9.97. The monoisotopic (exact) mass is 223 g/mol. The minimum absolute atomic E-state index is 0.755. The van der Waals surface area contributed by atoms with Gasteiger partial charge in [-0.25, -0.2) is 0 Å². The van der Waals surface area contributed by atoms with E-state index in [0.29, 0.717) is 0 Å². The van der Waals surface area contributed by atoms with E-state index in [1.807, 2.05) is 24.3 Å². The quantitative estimate of drug-likeness (QED) is 0.505. The highest BCUT2D eigenvalue weighted by atomic mass is 16.5. The molecule has 0 bridgehead atoms. The van der Waals surface area contributed by atoms with Crippen LogP contribution in [0.3, 0.4) is 0 Å². The summed E-state index contributed by atoms with van der Waals surface area (Å²) in [6, 6.07) is 16.4. The third kappa shape index (κ3) is 1.58. The number of benzene rings is 3. The average molecular weight is 223 g/mol. The van der Waals surface area contributed by atoms with Gasteiger partial charge < -0.3 is 10.5 Å². The Hall–Kier alpha value is -2.22. The molecule has 0 saturated heterocycles. The number of rotatable bonds is 1. The molecular formula is C15H13NO. The molecule has 3 rings (SSSR count). The highest BCUT2D eigenvalue weighted by molar-refractivity contribution is 6.03. The van der Waals surface area contributed by atoms with E-state index in [9.17, 15) is 0 Å². The largest absolute Gasteiger partial charge is 0.497 e. The summed E-state index contributed by atoms with van der Waals surface area (Å²) >= 11 is 0. The molecule has 2 heteroatoms. The molecule has 3 aromatic rings. The minimum Gasteiger partial charge on any atom is -0.497 e. The molecule has 0 aliphatic carbocycles. The lowest BCUT2D eigenvalue weighted by atomic mass is 10.0. The Balaban J connectivity index is 2.43. The van der Waals surface area contributed by atoms with Crippen molar-refractivity contribution in [1.29, 1.82) is 0 Å². The number of anilines is 1. The number of nitrogens with two attached hydrogens (primary N) is 1. The van der Waals surface area contributed by atoms with Gasteiger partial charge in [0, 0.05) is 17.1 Å². The van der Waals surface area contributed by atoms with Crippen molar-refractivity contribution in [3.63, 3.8) is 0 Å². The Morgan fingerprint density at radius 1 is 0.882 bits per heavy atom. The third-order valence-electron chi connectivity index (χ3n) is 3.06. The van der Waals surface area contributed by atoms with E-state index in [-0.39, 0.29) is 0 Å². The van der Waals surface area contributed by atoms with Gasteiger partial charge in [-0.3, -0.25) is 0 Å². The van der Waals surface area contributed by atoms with Gasteiger partial charge in [-0.05, 0) is 34.4 Å². The van der Waals surface area contributed by atoms with Gasteiger partial charge in [-0.15, -0.1) is 0 Å². The van der Waals surface area contributed by atoms with Crippen LogP contribution >= 0.6 is 0 Å². The summed E-state index contributed by atoms with van der Waals surface area (Å²) in [5, 5.41) is 4.61. The zero-order valence-electron chi connectivity index (χ0n) is 9.60. The van der Waals surface area contributed by atoms with E-state index in [0.717, 1.165) is 22.2 Å². The second-order valence-electron chi connectivity index (χ2n) is 4.14. The van der Waals surface area contributed by atoms with Crippen molar-refractivity contribution in [2.24, 2.45) is 0 Å². The van der Waals surface area contributed by atoms with Crippen LogP contribution in [0, 0.1) is 0 Å². The molecular weight excluding hydrogens is 210 g/mol. The van der Waals surface area contributed by atoms with Crippen LogP contribution in [0.4, 0.5) is 5.69 Å². The van der Waals surface area contributed by atoms with E-state index in [1.54, 1.807) is 7.11 Å². The zero-order valence-corrected chi connectivity index (χ0v) is 9.60. The van der Waals surface area contributed by atoms with E-state index in [4.69, 9.17) is 10.5 Å². The van der Waals surface area contributed by atoms with Crippen LogP contribution in [0.1, 0.15) is 0 Å². The molecule has 0 saturated carbocycles. The molecule has 3 aromatic carbocycles. The first-order valence-corrected chi connectivity index (χ1v) is 5.54. The van der Waals surface area contributed by atoms with Crippen LogP contribution in [0.5, 0.6) is 5.75 Å². The highest BCUT2D eigenvalue weighted by Crippen LogP contribution is 2.30. The van der Waals surface area contributed by atoms with Crippen molar-refractivity contribution in [1.82, 2.24) is 0 Å². The molecule has 0 fully saturated rings. The minimum atomic E-state index is 0.755. The second kappa shape index (κ2) is 3.67. The number of nitrogen functional groups attached to an aromatic ring is 1. The molecule has 0 atom stereocenters. The predicted molar refractivity (Wildman–Crippen MR) is 72.4 cm³/mol. The van der Waals surface area contributed by atoms with E-state index >= 15 is 0 Å². The van der Waals surface area contributed by atoms with Crippen LogP contribution in [-0.2, 0) is 0 Å². The molecule has 0 amide bonds.